The lowest BCUT2D eigenvalue weighted by Crippen LogP contribution is -2.28. The average molecular weight is 255 g/mol. The maximum absolute atomic E-state index is 10.3. The summed E-state index contributed by atoms with van der Waals surface area (Å²) in [7, 11) is 0. The summed E-state index contributed by atoms with van der Waals surface area (Å²) >= 11 is 0. The molecule has 0 bridgehead atoms. The van der Waals surface area contributed by atoms with E-state index in [1.807, 2.05) is 56.3 Å². The summed E-state index contributed by atoms with van der Waals surface area (Å²) in [5.41, 5.74) is 10.6. The number of nitrogens with two attached hydrogens (primary N) is 1. The molecule has 2 nitrogen and oxygen atoms in total. The Balaban J connectivity index is 2.12. The molecule has 0 saturated carbocycles. The normalized spacial score (nSPS) is 14.1. The molecule has 2 aromatic carbocycles. The average Bonchev–Trinajstić information content (AvgIpc) is 2.37. The fourth-order valence-corrected chi connectivity index (χ4v) is 2.41. The molecular formula is C17H21NO. The maximum atomic E-state index is 10.3. The molecule has 100 valence electrons. The highest BCUT2D eigenvalue weighted by Gasteiger charge is 2.17. The zero-order valence-electron chi connectivity index (χ0n) is 11.5. The Morgan fingerprint density at radius 1 is 1.00 bits per heavy atom. The molecule has 0 amide bonds. The Hall–Kier alpha value is -1.64. The second-order valence-corrected chi connectivity index (χ2v) is 5.20. The molecule has 3 N–H and O–H groups in total. The molecule has 0 aliphatic carbocycles. The first-order chi connectivity index (χ1) is 9.06. The van der Waals surface area contributed by atoms with Crippen molar-refractivity contribution < 1.29 is 5.11 Å². The van der Waals surface area contributed by atoms with Crippen molar-refractivity contribution >= 4 is 0 Å². The van der Waals surface area contributed by atoms with Gasteiger partial charge in [0.1, 0.15) is 0 Å². The van der Waals surface area contributed by atoms with E-state index < -0.39 is 6.10 Å². The van der Waals surface area contributed by atoms with Crippen molar-refractivity contribution in [2.24, 2.45) is 5.73 Å². The van der Waals surface area contributed by atoms with E-state index in [4.69, 9.17) is 5.73 Å². The van der Waals surface area contributed by atoms with Crippen molar-refractivity contribution in [3.63, 3.8) is 0 Å². The highest BCUT2D eigenvalue weighted by molar-refractivity contribution is 5.31. The number of aryl methyl sites for hydroxylation is 2. The van der Waals surface area contributed by atoms with Crippen molar-refractivity contribution in [1.82, 2.24) is 0 Å². The molecule has 19 heavy (non-hydrogen) atoms. The Morgan fingerprint density at radius 2 is 1.58 bits per heavy atom. The second-order valence-electron chi connectivity index (χ2n) is 5.20. The summed E-state index contributed by atoms with van der Waals surface area (Å²) < 4.78 is 0. The minimum atomic E-state index is -0.566. The highest BCUT2D eigenvalue weighted by atomic mass is 16.3. The first-order valence-corrected chi connectivity index (χ1v) is 6.62. The van der Waals surface area contributed by atoms with Gasteiger partial charge in [0, 0.05) is 6.42 Å². The van der Waals surface area contributed by atoms with E-state index in [-0.39, 0.29) is 6.04 Å². The van der Waals surface area contributed by atoms with Gasteiger partial charge in [0.05, 0.1) is 12.1 Å². The third-order valence-electron chi connectivity index (χ3n) is 3.33. The van der Waals surface area contributed by atoms with Crippen LogP contribution < -0.4 is 5.73 Å². The summed E-state index contributed by atoms with van der Waals surface area (Å²) in [5, 5.41) is 10.3. The van der Waals surface area contributed by atoms with Gasteiger partial charge < -0.3 is 10.8 Å². The van der Waals surface area contributed by atoms with Crippen LogP contribution in [0.1, 0.15) is 28.3 Å². The number of hydrogen-bond donors (Lipinski definition) is 2. The molecular weight excluding hydrogens is 234 g/mol. The number of benzene rings is 2. The first kappa shape index (κ1) is 13.8. The van der Waals surface area contributed by atoms with Gasteiger partial charge in [-0.05, 0) is 25.0 Å². The zero-order valence-corrected chi connectivity index (χ0v) is 11.5. The minimum absolute atomic E-state index is 0.348. The summed E-state index contributed by atoms with van der Waals surface area (Å²) in [6, 6.07) is 15.8. The van der Waals surface area contributed by atoms with E-state index in [1.54, 1.807) is 0 Å². The molecule has 0 spiro atoms. The van der Waals surface area contributed by atoms with Gasteiger partial charge in [-0.25, -0.2) is 0 Å². The van der Waals surface area contributed by atoms with Crippen LogP contribution in [0.3, 0.4) is 0 Å². The molecule has 0 aliphatic heterocycles. The van der Waals surface area contributed by atoms with Gasteiger partial charge in [-0.1, -0.05) is 59.7 Å². The highest BCUT2D eigenvalue weighted by Crippen LogP contribution is 2.20. The zero-order chi connectivity index (χ0) is 13.8. The van der Waals surface area contributed by atoms with Crippen molar-refractivity contribution in [2.75, 3.05) is 0 Å². The molecule has 0 unspecified atom stereocenters. The topological polar surface area (TPSA) is 46.2 Å². The number of aliphatic hydroxyl groups is 1. The molecule has 0 saturated heterocycles. The Labute approximate surface area is 114 Å². The van der Waals surface area contributed by atoms with Gasteiger partial charge in [-0.2, -0.15) is 0 Å². The number of rotatable bonds is 4. The van der Waals surface area contributed by atoms with Crippen LogP contribution >= 0.6 is 0 Å². The monoisotopic (exact) mass is 255 g/mol. The van der Waals surface area contributed by atoms with Gasteiger partial charge in [0.15, 0.2) is 0 Å². The van der Waals surface area contributed by atoms with Crippen molar-refractivity contribution in [3.05, 3.63) is 70.8 Å². The molecule has 0 aliphatic rings. The van der Waals surface area contributed by atoms with Crippen molar-refractivity contribution in [3.8, 4) is 0 Å². The van der Waals surface area contributed by atoms with Gasteiger partial charge >= 0.3 is 0 Å². The Kier molecular flexibility index (Phi) is 4.35. The van der Waals surface area contributed by atoms with E-state index >= 15 is 0 Å². The largest absolute Gasteiger partial charge is 0.391 e. The van der Waals surface area contributed by atoms with E-state index in [2.05, 4.69) is 6.07 Å². The summed E-state index contributed by atoms with van der Waals surface area (Å²) in [4.78, 5) is 0. The molecule has 2 heteroatoms. The second kappa shape index (κ2) is 6.00. The third-order valence-corrected chi connectivity index (χ3v) is 3.33. The van der Waals surface area contributed by atoms with Gasteiger partial charge in [-0.3, -0.25) is 0 Å². The fourth-order valence-electron chi connectivity index (χ4n) is 2.41. The Morgan fingerprint density at radius 3 is 2.16 bits per heavy atom. The van der Waals surface area contributed by atoms with Gasteiger partial charge in [0.25, 0.3) is 0 Å². The quantitative estimate of drug-likeness (QED) is 0.882. The molecule has 0 aromatic heterocycles. The number of aliphatic hydroxyl groups excluding tert-OH is 1. The number of hydrogen-bond acceptors (Lipinski definition) is 2. The van der Waals surface area contributed by atoms with Crippen LogP contribution in [-0.4, -0.2) is 11.2 Å². The molecule has 0 fully saturated rings. The predicted molar refractivity (Wildman–Crippen MR) is 79.0 cm³/mol. The summed E-state index contributed by atoms with van der Waals surface area (Å²) in [6.07, 6.45) is 0.0123. The standard InChI is InChI=1S/C17H21NO/c1-12-8-13(2)10-15(9-12)17(18)16(19)11-14-6-4-3-5-7-14/h3-10,16-17,19H,11,18H2,1-2H3/t16-,17+/m1/s1. The van der Waals surface area contributed by atoms with Crippen LogP contribution in [0.2, 0.25) is 0 Å². The van der Waals surface area contributed by atoms with Crippen LogP contribution in [0, 0.1) is 13.8 Å². The lowest BCUT2D eigenvalue weighted by Gasteiger charge is -2.20. The lowest BCUT2D eigenvalue weighted by molar-refractivity contribution is 0.145. The van der Waals surface area contributed by atoms with Crippen molar-refractivity contribution in [1.29, 1.82) is 0 Å². The Bertz CT molecular complexity index is 516. The van der Waals surface area contributed by atoms with Crippen LogP contribution in [0.4, 0.5) is 0 Å². The van der Waals surface area contributed by atoms with Gasteiger partial charge in [-0.15, -0.1) is 0 Å². The van der Waals surface area contributed by atoms with E-state index in [9.17, 15) is 5.11 Å². The third kappa shape index (κ3) is 3.66. The predicted octanol–water partition coefficient (Wildman–Crippen LogP) is 2.91. The fraction of sp³-hybridized carbons (Fsp3) is 0.294. The van der Waals surface area contributed by atoms with Crippen molar-refractivity contribution in [2.45, 2.75) is 32.4 Å². The minimum Gasteiger partial charge on any atom is -0.391 e. The van der Waals surface area contributed by atoms with E-state index in [0.29, 0.717) is 6.42 Å². The summed E-state index contributed by atoms with van der Waals surface area (Å²) in [5.74, 6) is 0. The van der Waals surface area contributed by atoms with Crippen LogP contribution in [0.5, 0.6) is 0 Å². The maximum Gasteiger partial charge on any atom is 0.0773 e. The molecule has 2 atom stereocenters. The molecule has 0 heterocycles. The van der Waals surface area contributed by atoms with E-state index in [0.717, 1.165) is 11.1 Å². The molecule has 2 aromatic rings. The smallest absolute Gasteiger partial charge is 0.0773 e. The van der Waals surface area contributed by atoms with Crippen LogP contribution in [0.25, 0.3) is 0 Å². The molecule has 0 radical (unpaired) electrons. The summed E-state index contributed by atoms with van der Waals surface area (Å²) in [6.45, 7) is 4.10. The van der Waals surface area contributed by atoms with Crippen LogP contribution in [-0.2, 0) is 6.42 Å². The first-order valence-electron chi connectivity index (χ1n) is 6.62. The van der Waals surface area contributed by atoms with Gasteiger partial charge in [0.2, 0.25) is 0 Å². The molecule has 2 rings (SSSR count). The SMILES string of the molecule is Cc1cc(C)cc([C@H](N)[C@H](O)Cc2ccccc2)c1. The lowest BCUT2D eigenvalue weighted by atomic mass is 9.94. The van der Waals surface area contributed by atoms with Crippen LogP contribution in [0.15, 0.2) is 48.5 Å². The van der Waals surface area contributed by atoms with E-state index in [1.165, 1.54) is 11.1 Å².